The van der Waals surface area contributed by atoms with Crippen molar-refractivity contribution in [1.82, 2.24) is 5.32 Å². The minimum absolute atomic E-state index is 0.284. The van der Waals surface area contributed by atoms with Crippen molar-refractivity contribution >= 4 is 0 Å². The molecule has 1 aliphatic heterocycles. The van der Waals surface area contributed by atoms with Crippen LogP contribution in [-0.2, 0) is 4.84 Å². The summed E-state index contributed by atoms with van der Waals surface area (Å²) in [6.07, 6.45) is 3.56. The van der Waals surface area contributed by atoms with Gasteiger partial charge >= 0.3 is 0 Å². The minimum Gasteiger partial charge on any atom is -0.314 e. The lowest BCUT2D eigenvalue weighted by atomic mass is 10.0. The van der Waals surface area contributed by atoms with Crippen molar-refractivity contribution < 1.29 is 4.84 Å². The molecule has 3 nitrogen and oxygen atoms in total. The Morgan fingerprint density at radius 3 is 3.10 bits per heavy atom. The lowest BCUT2D eigenvalue weighted by Crippen LogP contribution is -2.41. The van der Waals surface area contributed by atoms with E-state index in [0.717, 1.165) is 19.4 Å². The molecule has 1 saturated heterocycles. The molecule has 1 rings (SSSR count). The van der Waals surface area contributed by atoms with Gasteiger partial charge in [-0.15, -0.1) is 0 Å². The average molecular weight is 144 g/mol. The smallest absolute Gasteiger partial charge is 0.0814 e. The van der Waals surface area contributed by atoms with Gasteiger partial charge in [-0.25, -0.2) is 5.90 Å². The molecule has 0 bridgehead atoms. The summed E-state index contributed by atoms with van der Waals surface area (Å²) in [6, 6.07) is 0.613. The summed E-state index contributed by atoms with van der Waals surface area (Å²) in [5.41, 5.74) is 0. The molecule has 0 aliphatic carbocycles. The molecular weight excluding hydrogens is 128 g/mol. The molecule has 1 aliphatic rings. The Kier molecular flexibility index (Phi) is 3.12. The van der Waals surface area contributed by atoms with E-state index >= 15 is 0 Å². The Bertz CT molecular complexity index is 87.6. The maximum absolute atomic E-state index is 5.09. The second-order valence-electron chi connectivity index (χ2n) is 2.84. The molecule has 0 aromatic carbocycles. The third-order valence-corrected chi connectivity index (χ3v) is 2.13. The van der Waals surface area contributed by atoms with Crippen LogP contribution in [0.2, 0.25) is 0 Å². The molecule has 0 unspecified atom stereocenters. The molecule has 60 valence electrons. The number of rotatable bonds is 2. The molecule has 1 heterocycles. The molecule has 2 atom stereocenters. The monoisotopic (exact) mass is 144 g/mol. The first-order valence-electron chi connectivity index (χ1n) is 3.95. The fourth-order valence-corrected chi connectivity index (χ4v) is 1.40. The summed E-state index contributed by atoms with van der Waals surface area (Å²) >= 11 is 0. The molecule has 0 amide bonds. The molecule has 10 heavy (non-hydrogen) atoms. The lowest BCUT2D eigenvalue weighted by molar-refractivity contribution is 0.0209. The molecule has 1 fully saturated rings. The van der Waals surface area contributed by atoms with E-state index in [4.69, 9.17) is 10.7 Å². The molecule has 0 aromatic heterocycles. The summed E-state index contributed by atoms with van der Waals surface area (Å²) in [7, 11) is 0. The van der Waals surface area contributed by atoms with Gasteiger partial charge in [0.05, 0.1) is 6.10 Å². The molecule has 3 heteroatoms. The van der Waals surface area contributed by atoms with Crippen molar-refractivity contribution in [2.45, 2.75) is 38.3 Å². The zero-order valence-electron chi connectivity index (χ0n) is 6.47. The number of hydrogen-bond donors (Lipinski definition) is 2. The van der Waals surface area contributed by atoms with Crippen molar-refractivity contribution in [3.63, 3.8) is 0 Å². The number of piperidine rings is 1. The highest BCUT2D eigenvalue weighted by Crippen LogP contribution is 2.12. The van der Waals surface area contributed by atoms with Crippen LogP contribution < -0.4 is 11.2 Å². The van der Waals surface area contributed by atoms with Crippen molar-refractivity contribution in [3.8, 4) is 0 Å². The second kappa shape index (κ2) is 3.91. The third-order valence-electron chi connectivity index (χ3n) is 2.13. The Balaban J connectivity index is 2.25. The van der Waals surface area contributed by atoms with Crippen LogP contribution in [0.3, 0.4) is 0 Å². The van der Waals surface area contributed by atoms with E-state index in [1.54, 1.807) is 0 Å². The van der Waals surface area contributed by atoms with E-state index in [0.29, 0.717) is 6.04 Å². The average Bonchev–Trinajstić information content (AvgIpc) is 2.05. The van der Waals surface area contributed by atoms with Gasteiger partial charge in [0, 0.05) is 6.04 Å². The first-order chi connectivity index (χ1) is 4.86. The van der Waals surface area contributed by atoms with Gasteiger partial charge in [0.25, 0.3) is 0 Å². The largest absolute Gasteiger partial charge is 0.314 e. The number of hydrogen-bond acceptors (Lipinski definition) is 3. The molecule has 3 N–H and O–H groups in total. The SMILES string of the molecule is CC[C@H]1C[C@@H](ON)CCN1. The normalized spacial score (nSPS) is 34.2. The Morgan fingerprint density at radius 1 is 1.70 bits per heavy atom. The minimum atomic E-state index is 0.284. The van der Waals surface area contributed by atoms with Crippen LogP contribution in [0.5, 0.6) is 0 Å². The van der Waals surface area contributed by atoms with Crippen molar-refractivity contribution in [2.75, 3.05) is 6.54 Å². The number of nitrogens with two attached hydrogens (primary N) is 1. The Morgan fingerprint density at radius 2 is 2.50 bits per heavy atom. The maximum Gasteiger partial charge on any atom is 0.0814 e. The van der Waals surface area contributed by atoms with E-state index in [1.165, 1.54) is 6.42 Å². The summed E-state index contributed by atoms with van der Waals surface area (Å²) < 4.78 is 0. The molecule has 0 radical (unpaired) electrons. The first kappa shape index (κ1) is 7.98. The van der Waals surface area contributed by atoms with Gasteiger partial charge in [-0.05, 0) is 25.8 Å². The lowest BCUT2D eigenvalue weighted by Gasteiger charge is -2.27. The summed E-state index contributed by atoms with van der Waals surface area (Å²) in [5.74, 6) is 5.09. The van der Waals surface area contributed by atoms with Crippen LogP contribution in [0.15, 0.2) is 0 Å². The van der Waals surface area contributed by atoms with Crippen molar-refractivity contribution in [3.05, 3.63) is 0 Å². The topological polar surface area (TPSA) is 47.3 Å². The van der Waals surface area contributed by atoms with Crippen LogP contribution in [0, 0.1) is 0 Å². The second-order valence-corrected chi connectivity index (χ2v) is 2.84. The standard InChI is InChI=1S/C7H16N2O/c1-2-6-5-7(10-8)3-4-9-6/h6-7,9H,2-5,8H2,1H3/t6-,7-/m0/s1. The van der Waals surface area contributed by atoms with E-state index in [-0.39, 0.29) is 6.10 Å². The molecule has 0 aromatic rings. The number of nitrogens with one attached hydrogen (secondary N) is 1. The van der Waals surface area contributed by atoms with Crippen LogP contribution in [0.4, 0.5) is 0 Å². The highest BCUT2D eigenvalue weighted by molar-refractivity contribution is 4.76. The Labute approximate surface area is 61.9 Å². The predicted molar refractivity (Wildman–Crippen MR) is 40.4 cm³/mol. The van der Waals surface area contributed by atoms with E-state index in [2.05, 4.69) is 12.2 Å². The summed E-state index contributed by atoms with van der Waals surface area (Å²) in [6.45, 7) is 3.22. The molecule has 0 saturated carbocycles. The van der Waals surface area contributed by atoms with Crippen LogP contribution in [0.1, 0.15) is 26.2 Å². The van der Waals surface area contributed by atoms with Crippen LogP contribution in [-0.4, -0.2) is 18.7 Å². The van der Waals surface area contributed by atoms with Gasteiger partial charge in [-0.2, -0.15) is 0 Å². The van der Waals surface area contributed by atoms with E-state index in [1.807, 2.05) is 0 Å². The third kappa shape index (κ3) is 1.94. The summed E-state index contributed by atoms with van der Waals surface area (Å²) in [4.78, 5) is 4.78. The maximum atomic E-state index is 5.09. The molecular formula is C7H16N2O. The highest BCUT2D eigenvalue weighted by atomic mass is 16.6. The first-order valence-corrected chi connectivity index (χ1v) is 3.95. The van der Waals surface area contributed by atoms with Gasteiger partial charge in [0.2, 0.25) is 0 Å². The quantitative estimate of drug-likeness (QED) is 0.552. The fraction of sp³-hybridized carbons (Fsp3) is 1.00. The fourth-order valence-electron chi connectivity index (χ4n) is 1.40. The summed E-state index contributed by atoms with van der Waals surface area (Å²) in [5, 5.41) is 3.40. The van der Waals surface area contributed by atoms with Gasteiger partial charge < -0.3 is 10.2 Å². The van der Waals surface area contributed by atoms with Crippen LogP contribution >= 0.6 is 0 Å². The van der Waals surface area contributed by atoms with E-state index < -0.39 is 0 Å². The Hall–Kier alpha value is -0.120. The van der Waals surface area contributed by atoms with Crippen molar-refractivity contribution in [2.24, 2.45) is 5.90 Å². The van der Waals surface area contributed by atoms with E-state index in [9.17, 15) is 0 Å². The zero-order valence-corrected chi connectivity index (χ0v) is 6.47. The van der Waals surface area contributed by atoms with Crippen molar-refractivity contribution in [1.29, 1.82) is 0 Å². The predicted octanol–water partition coefficient (Wildman–Crippen LogP) is 0.407. The molecule has 0 spiro atoms. The van der Waals surface area contributed by atoms with Gasteiger partial charge in [-0.3, -0.25) is 0 Å². The highest BCUT2D eigenvalue weighted by Gasteiger charge is 2.19. The zero-order chi connectivity index (χ0) is 7.40. The van der Waals surface area contributed by atoms with Gasteiger partial charge in [0.15, 0.2) is 0 Å². The van der Waals surface area contributed by atoms with Gasteiger partial charge in [0.1, 0.15) is 0 Å². The van der Waals surface area contributed by atoms with Gasteiger partial charge in [-0.1, -0.05) is 6.92 Å². The van der Waals surface area contributed by atoms with Crippen LogP contribution in [0.25, 0.3) is 0 Å².